The topological polar surface area (TPSA) is 89.4 Å². The Balaban J connectivity index is 1.38. The third-order valence-electron chi connectivity index (χ3n) is 6.45. The molecule has 4 heterocycles. The van der Waals surface area contributed by atoms with Crippen LogP contribution in [-0.2, 0) is 20.9 Å². The van der Waals surface area contributed by atoms with Crippen molar-refractivity contribution in [3.63, 3.8) is 0 Å². The molecule has 0 aromatic carbocycles. The van der Waals surface area contributed by atoms with E-state index in [0.717, 1.165) is 50.8 Å². The molecule has 1 aromatic heterocycles. The maximum atomic E-state index is 13.1. The summed E-state index contributed by atoms with van der Waals surface area (Å²) >= 11 is 0. The molecule has 3 aliphatic heterocycles. The molecule has 0 saturated carbocycles. The van der Waals surface area contributed by atoms with Crippen molar-refractivity contribution in [1.82, 2.24) is 25.0 Å². The van der Waals surface area contributed by atoms with Crippen LogP contribution in [0.25, 0.3) is 0 Å². The quantitative estimate of drug-likeness (QED) is 0.840. The van der Waals surface area contributed by atoms with Gasteiger partial charge >= 0.3 is 0 Å². The Morgan fingerprint density at radius 2 is 1.79 bits per heavy atom. The SMILES string of the molecule is Cc1nc(C)n(CC(=O)N2[C@@H]3CCC[C@H]2CC(NC(=O)C2CCOCC2)C3)n1. The number of amides is 2. The number of fused-ring (bicyclic) bond motifs is 2. The standard InChI is InChI=1S/C20H31N5O3/c1-13-21-14(2)24(23-13)12-19(26)25-17-4-3-5-18(25)11-16(10-17)22-20(27)15-6-8-28-9-7-15/h15-18H,3-12H2,1-2H3,(H,22,27)/t16?,17-,18+. The molecule has 0 aliphatic carbocycles. The molecule has 3 atom stereocenters. The van der Waals surface area contributed by atoms with Crippen molar-refractivity contribution in [2.24, 2.45) is 5.92 Å². The van der Waals surface area contributed by atoms with E-state index in [1.807, 2.05) is 13.8 Å². The van der Waals surface area contributed by atoms with Gasteiger partial charge in [-0.3, -0.25) is 9.59 Å². The molecule has 3 aliphatic rings. The molecule has 3 fully saturated rings. The van der Waals surface area contributed by atoms with E-state index in [4.69, 9.17) is 4.74 Å². The number of hydrogen-bond acceptors (Lipinski definition) is 5. The Kier molecular flexibility index (Phi) is 5.66. The molecule has 1 aromatic rings. The minimum absolute atomic E-state index is 0.0757. The van der Waals surface area contributed by atoms with Crippen LogP contribution in [0.15, 0.2) is 0 Å². The number of rotatable bonds is 4. The van der Waals surface area contributed by atoms with Crippen LogP contribution < -0.4 is 5.32 Å². The van der Waals surface area contributed by atoms with Gasteiger partial charge in [0, 0.05) is 37.3 Å². The fourth-order valence-corrected chi connectivity index (χ4v) is 5.11. The van der Waals surface area contributed by atoms with E-state index in [0.29, 0.717) is 19.0 Å². The summed E-state index contributed by atoms with van der Waals surface area (Å²) in [4.78, 5) is 32.0. The summed E-state index contributed by atoms with van der Waals surface area (Å²) in [5.74, 6) is 1.83. The largest absolute Gasteiger partial charge is 0.381 e. The second-order valence-electron chi connectivity index (χ2n) is 8.47. The molecule has 0 spiro atoms. The van der Waals surface area contributed by atoms with Crippen LogP contribution in [0.5, 0.6) is 0 Å². The lowest BCUT2D eigenvalue weighted by molar-refractivity contribution is -0.142. The van der Waals surface area contributed by atoms with Gasteiger partial charge in [0.2, 0.25) is 11.8 Å². The number of piperidine rings is 2. The fourth-order valence-electron chi connectivity index (χ4n) is 5.11. The highest BCUT2D eigenvalue weighted by Crippen LogP contribution is 2.34. The molecule has 1 N–H and O–H groups in total. The molecule has 3 saturated heterocycles. The smallest absolute Gasteiger partial charge is 0.244 e. The van der Waals surface area contributed by atoms with E-state index >= 15 is 0 Å². The maximum absolute atomic E-state index is 13.1. The molecule has 154 valence electrons. The summed E-state index contributed by atoms with van der Waals surface area (Å²) in [6.45, 7) is 5.33. The molecule has 1 unspecified atom stereocenters. The summed E-state index contributed by atoms with van der Waals surface area (Å²) in [6.07, 6.45) is 6.52. The fraction of sp³-hybridized carbons (Fsp3) is 0.800. The van der Waals surface area contributed by atoms with Gasteiger partial charge in [-0.05, 0) is 58.8 Å². The number of nitrogens with zero attached hydrogens (tertiary/aromatic N) is 4. The number of aromatic nitrogens is 3. The van der Waals surface area contributed by atoms with Crippen molar-refractivity contribution in [2.45, 2.75) is 83.5 Å². The highest BCUT2D eigenvalue weighted by molar-refractivity contribution is 5.79. The van der Waals surface area contributed by atoms with Gasteiger partial charge in [-0.2, -0.15) is 5.10 Å². The summed E-state index contributed by atoms with van der Waals surface area (Å²) in [7, 11) is 0. The molecular weight excluding hydrogens is 358 g/mol. The molecule has 8 nitrogen and oxygen atoms in total. The summed E-state index contributed by atoms with van der Waals surface area (Å²) in [5.41, 5.74) is 0. The Morgan fingerprint density at radius 1 is 1.11 bits per heavy atom. The summed E-state index contributed by atoms with van der Waals surface area (Å²) in [6, 6.07) is 0.597. The van der Waals surface area contributed by atoms with Gasteiger partial charge in [0.15, 0.2) is 0 Å². The summed E-state index contributed by atoms with van der Waals surface area (Å²) < 4.78 is 7.06. The van der Waals surface area contributed by atoms with E-state index < -0.39 is 0 Å². The molecular formula is C20H31N5O3. The lowest BCUT2D eigenvalue weighted by Gasteiger charge is -2.49. The zero-order chi connectivity index (χ0) is 19.7. The number of nitrogens with one attached hydrogen (secondary N) is 1. The van der Waals surface area contributed by atoms with Crippen molar-refractivity contribution in [1.29, 1.82) is 0 Å². The molecule has 2 amide bonds. The van der Waals surface area contributed by atoms with Crippen molar-refractivity contribution in [3.05, 3.63) is 11.6 Å². The van der Waals surface area contributed by atoms with Gasteiger partial charge in [-0.15, -0.1) is 0 Å². The highest BCUT2D eigenvalue weighted by atomic mass is 16.5. The van der Waals surface area contributed by atoms with Crippen LogP contribution in [0, 0.1) is 19.8 Å². The number of carbonyl (C=O) groups excluding carboxylic acids is 2. The van der Waals surface area contributed by atoms with Crippen molar-refractivity contribution >= 4 is 11.8 Å². The average Bonchev–Trinajstić information content (AvgIpc) is 2.98. The Bertz CT molecular complexity index is 713. The summed E-state index contributed by atoms with van der Waals surface area (Å²) in [5, 5.41) is 7.61. The van der Waals surface area contributed by atoms with E-state index in [1.54, 1.807) is 4.68 Å². The zero-order valence-corrected chi connectivity index (χ0v) is 16.9. The van der Waals surface area contributed by atoms with Crippen LogP contribution in [0.4, 0.5) is 0 Å². The first kappa shape index (κ1) is 19.4. The lowest BCUT2D eigenvalue weighted by atomic mass is 9.81. The first-order valence-corrected chi connectivity index (χ1v) is 10.6. The van der Waals surface area contributed by atoms with Gasteiger partial charge < -0.3 is 15.0 Å². The van der Waals surface area contributed by atoms with E-state index in [9.17, 15) is 9.59 Å². The van der Waals surface area contributed by atoms with Gasteiger partial charge in [0.1, 0.15) is 18.2 Å². The van der Waals surface area contributed by atoms with Gasteiger partial charge in [0.25, 0.3) is 0 Å². The number of aryl methyl sites for hydroxylation is 2. The minimum Gasteiger partial charge on any atom is -0.381 e. The molecule has 28 heavy (non-hydrogen) atoms. The van der Waals surface area contributed by atoms with E-state index in [2.05, 4.69) is 20.3 Å². The molecule has 0 radical (unpaired) electrons. The Labute approximate surface area is 166 Å². The predicted octanol–water partition coefficient (Wildman–Crippen LogP) is 1.35. The Hall–Kier alpha value is -1.96. The van der Waals surface area contributed by atoms with Gasteiger partial charge in [-0.1, -0.05) is 0 Å². The van der Waals surface area contributed by atoms with Gasteiger partial charge in [0.05, 0.1) is 0 Å². The predicted molar refractivity (Wildman–Crippen MR) is 102 cm³/mol. The monoisotopic (exact) mass is 389 g/mol. The zero-order valence-electron chi connectivity index (χ0n) is 16.9. The third-order valence-corrected chi connectivity index (χ3v) is 6.45. The minimum atomic E-state index is 0.0757. The van der Waals surface area contributed by atoms with Crippen molar-refractivity contribution in [2.75, 3.05) is 13.2 Å². The van der Waals surface area contributed by atoms with E-state index in [1.165, 1.54) is 0 Å². The lowest BCUT2D eigenvalue weighted by Crippen LogP contribution is -2.59. The molecule has 4 rings (SSSR count). The van der Waals surface area contributed by atoms with Crippen LogP contribution in [0.1, 0.15) is 56.6 Å². The first-order chi connectivity index (χ1) is 13.5. The van der Waals surface area contributed by atoms with Crippen LogP contribution in [-0.4, -0.2) is 62.8 Å². The van der Waals surface area contributed by atoms with Crippen molar-refractivity contribution in [3.8, 4) is 0 Å². The van der Waals surface area contributed by atoms with E-state index in [-0.39, 0.29) is 42.4 Å². The molecule has 2 bridgehead atoms. The molecule has 8 heteroatoms. The number of carbonyl (C=O) groups is 2. The normalized spacial score (nSPS) is 28.2. The number of hydrogen-bond donors (Lipinski definition) is 1. The van der Waals surface area contributed by atoms with Crippen LogP contribution in [0.2, 0.25) is 0 Å². The maximum Gasteiger partial charge on any atom is 0.244 e. The second-order valence-corrected chi connectivity index (χ2v) is 8.47. The average molecular weight is 390 g/mol. The van der Waals surface area contributed by atoms with Crippen molar-refractivity contribution < 1.29 is 14.3 Å². The Morgan fingerprint density at radius 3 is 2.39 bits per heavy atom. The number of ether oxygens (including phenoxy) is 1. The third kappa shape index (κ3) is 4.06. The second kappa shape index (κ2) is 8.19. The van der Waals surface area contributed by atoms with Crippen LogP contribution >= 0.6 is 0 Å². The first-order valence-electron chi connectivity index (χ1n) is 10.6. The van der Waals surface area contributed by atoms with Crippen LogP contribution in [0.3, 0.4) is 0 Å². The highest BCUT2D eigenvalue weighted by Gasteiger charge is 2.41. The van der Waals surface area contributed by atoms with Gasteiger partial charge in [-0.25, -0.2) is 9.67 Å².